The van der Waals surface area contributed by atoms with Crippen molar-refractivity contribution < 1.29 is 23.1 Å². The molecule has 1 aliphatic heterocycles. The topological polar surface area (TPSA) is 104 Å². The number of anilines is 1. The van der Waals surface area contributed by atoms with Gasteiger partial charge in [-0.15, -0.1) is 0 Å². The number of hydrogen-bond donors (Lipinski definition) is 2. The van der Waals surface area contributed by atoms with Crippen molar-refractivity contribution in [1.82, 2.24) is 4.31 Å². The number of nitrogens with zero attached hydrogens (tertiary/aromatic N) is 1. The smallest absolute Gasteiger partial charge is 0.307 e. The van der Waals surface area contributed by atoms with Crippen molar-refractivity contribution in [3.63, 3.8) is 0 Å². The predicted molar refractivity (Wildman–Crippen MR) is 87.3 cm³/mol. The standard InChI is InChI=1S/C15H17ClN2O5S/c16-12-4-3-9(17-14(19)10-8-11(10)15(20)21)7-13(12)24(22,23)18-5-1-2-6-18/h3-4,7,10-11H,1-2,5-6,8H2,(H,17,19)(H,20,21). The lowest BCUT2D eigenvalue weighted by Crippen LogP contribution is -2.28. The molecule has 2 unspecified atom stereocenters. The first-order valence-corrected chi connectivity index (χ1v) is 9.46. The summed E-state index contributed by atoms with van der Waals surface area (Å²) in [6.07, 6.45) is 1.92. The van der Waals surface area contributed by atoms with E-state index in [1.54, 1.807) is 0 Å². The number of carbonyl (C=O) groups excluding carboxylic acids is 1. The number of carboxylic acid groups (broad SMARTS) is 1. The summed E-state index contributed by atoms with van der Waals surface area (Å²) in [5.41, 5.74) is 0.290. The molecular formula is C15H17ClN2O5S. The lowest BCUT2D eigenvalue weighted by molar-refractivity contribution is -0.139. The number of halogens is 1. The summed E-state index contributed by atoms with van der Waals surface area (Å²) in [5.74, 6) is -2.65. The summed E-state index contributed by atoms with van der Waals surface area (Å²) in [6, 6.07) is 4.25. The zero-order chi connectivity index (χ0) is 17.5. The molecule has 0 aromatic heterocycles. The maximum atomic E-state index is 12.6. The Morgan fingerprint density at radius 2 is 1.88 bits per heavy atom. The highest BCUT2D eigenvalue weighted by Crippen LogP contribution is 2.39. The molecule has 3 rings (SSSR count). The number of sulfonamides is 1. The molecule has 130 valence electrons. The van der Waals surface area contributed by atoms with Crippen molar-refractivity contribution in [2.45, 2.75) is 24.2 Å². The van der Waals surface area contributed by atoms with E-state index in [-0.39, 0.29) is 9.92 Å². The summed E-state index contributed by atoms with van der Waals surface area (Å²) in [4.78, 5) is 22.8. The SMILES string of the molecule is O=C(O)C1CC1C(=O)Nc1ccc(Cl)c(S(=O)(=O)N2CCCC2)c1. The molecule has 1 aliphatic carbocycles. The third-order valence-corrected chi connectivity index (χ3v) is 6.71. The van der Waals surface area contributed by atoms with E-state index < -0.39 is 33.7 Å². The fourth-order valence-corrected chi connectivity index (χ4v) is 4.86. The molecule has 2 fully saturated rings. The summed E-state index contributed by atoms with van der Waals surface area (Å²) in [6.45, 7) is 0.912. The van der Waals surface area contributed by atoms with Gasteiger partial charge in [0.2, 0.25) is 15.9 Å². The lowest BCUT2D eigenvalue weighted by atomic mass is 10.2. The van der Waals surface area contributed by atoms with Gasteiger partial charge in [-0.25, -0.2) is 8.42 Å². The van der Waals surface area contributed by atoms with Gasteiger partial charge >= 0.3 is 5.97 Å². The fraction of sp³-hybridized carbons (Fsp3) is 0.467. The molecule has 1 heterocycles. The summed E-state index contributed by atoms with van der Waals surface area (Å²) in [7, 11) is -3.70. The van der Waals surface area contributed by atoms with Crippen molar-refractivity contribution >= 4 is 39.2 Å². The second kappa shape index (κ2) is 6.34. The van der Waals surface area contributed by atoms with Crippen LogP contribution < -0.4 is 5.32 Å². The van der Waals surface area contributed by atoms with Crippen LogP contribution in [0.1, 0.15) is 19.3 Å². The van der Waals surface area contributed by atoms with Crippen LogP contribution in [0.3, 0.4) is 0 Å². The molecule has 9 heteroatoms. The third kappa shape index (κ3) is 3.26. The first-order chi connectivity index (χ1) is 11.3. The largest absolute Gasteiger partial charge is 0.481 e. The van der Waals surface area contributed by atoms with Gasteiger partial charge in [-0.1, -0.05) is 11.6 Å². The lowest BCUT2D eigenvalue weighted by Gasteiger charge is -2.17. The van der Waals surface area contributed by atoms with E-state index in [9.17, 15) is 18.0 Å². The number of carboxylic acids is 1. The number of nitrogens with one attached hydrogen (secondary N) is 1. The van der Waals surface area contributed by atoms with E-state index in [0.29, 0.717) is 25.2 Å². The van der Waals surface area contributed by atoms with Crippen LogP contribution in [0.25, 0.3) is 0 Å². The third-order valence-electron chi connectivity index (χ3n) is 4.33. The average molecular weight is 373 g/mol. The fourth-order valence-electron chi connectivity index (χ4n) is 2.84. The number of aliphatic carboxylic acids is 1. The minimum atomic E-state index is -3.70. The predicted octanol–water partition coefficient (Wildman–Crippen LogP) is 1.78. The van der Waals surface area contributed by atoms with E-state index >= 15 is 0 Å². The minimum absolute atomic E-state index is 0.0468. The Morgan fingerprint density at radius 3 is 2.46 bits per heavy atom. The second-order valence-corrected chi connectivity index (χ2v) is 8.35. The van der Waals surface area contributed by atoms with Gasteiger partial charge in [0, 0.05) is 18.8 Å². The van der Waals surface area contributed by atoms with Crippen LogP contribution in [-0.4, -0.2) is 42.8 Å². The molecule has 2 aliphatic rings. The van der Waals surface area contributed by atoms with Gasteiger partial charge in [0.25, 0.3) is 0 Å². The van der Waals surface area contributed by atoms with Crippen LogP contribution in [-0.2, 0) is 19.6 Å². The number of amides is 1. The van der Waals surface area contributed by atoms with Crippen LogP contribution in [0, 0.1) is 11.8 Å². The van der Waals surface area contributed by atoms with Gasteiger partial charge in [-0.05, 0) is 37.5 Å². The minimum Gasteiger partial charge on any atom is -0.481 e. The molecule has 1 amide bonds. The van der Waals surface area contributed by atoms with Crippen LogP contribution in [0.4, 0.5) is 5.69 Å². The molecule has 0 radical (unpaired) electrons. The van der Waals surface area contributed by atoms with E-state index in [1.807, 2.05) is 0 Å². The summed E-state index contributed by atoms with van der Waals surface area (Å²) >= 11 is 6.04. The molecule has 1 saturated heterocycles. The Morgan fingerprint density at radius 1 is 1.21 bits per heavy atom. The highest BCUT2D eigenvalue weighted by Gasteiger charge is 2.48. The van der Waals surface area contributed by atoms with Crippen molar-refractivity contribution in [1.29, 1.82) is 0 Å². The highest BCUT2D eigenvalue weighted by atomic mass is 35.5. The van der Waals surface area contributed by atoms with Gasteiger partial charge in [0.05, 0.1) is 16.9 Å². The number of rotatable bonds is 5. The average Bonchev–Trinajstić information content (AvgIpc) is 3.14. The van der Waals surface area contributed by atoms with Crippen LogP contribution in [0.15, 0.2) is 23.1 Å². The van der Waals surface area contributed by atoms with Crippen molar-refractivity contribution in [2.75, 3.05) is 18.4 Å². The van der Waals surface area contributed by atoms with E-state index in [4.69, 9.17) is 16.7 Å². The highest BCUT2D eigenvalue weighted by molar-refractivity contribution is 7.89. The second-order valence-electron chi connectivity index (χ2n) is 6.03. The summed E-state index contributed by atoms with van der Waals surface area (Å²) in [5, 5.41) is 11.5. The molecular weight excluding hydrogens is 356 g/mol. The van der Waals surface area contributed by atoms with Crippen molar-refractivity contribution in [3.8, 4) is 0 Å². The number of hydrogen-bond acceptors (Lipinski definition) is 4. The van der Waals surface area contributed by atoms with Gasteiger partial charge in [-0.3, -0.25) is 9.59 Å². The molecule has 2 atom stereocenters. The Labute approximate surface area is 144 Å². The molecule has 24 heavy (non-hydrogen) atoms. The maximum Gasteiger partial charge on any atom is 0.307 e. The molecule has 1 aromatic carbocycles. The van der Waals surface area contributed by atoms with Gasteiger partial charge < -0.3 is 10.4 Å². The zero-order valence-electron chi connectivity index (χ0n) is 12.7. The van der Waals surface area contributed by atoms with Crippen molar-refractivity contribution in [3.05, 3.63) is 23.2 Å². The number of benzene rings is 1. The Balaban J connectivity index is 1.79. The van der Waals surface area contributed by atoms with Crippen LogP contribution in [0.2, 0.25) is 5.02 Å². The summed E-state index contributed by atoms with van der Waals surface area (Å²) < 4.78 is 26.6. The Bertz CT molecular complexity index is 789. The molecule has 0 bridgehead atoms. The molecule has 0 spiro atoms. The first-order valence-electron chi connectivity index (χ1n) is 7.64. The zero-order valence-corrected chi connectivity index (χ0v) is 14.3. The monoisotopic (exact) mass is 372 g/mol. The van der Waals surface area contributed by atoms with Gasteiger partial charge in [0.1, 0.15) is 4.90 Å². The first kappa shape index (κ1) is 17.2. The Kier molecular flexibility index (Phi) is 4.54. The van der Waals surface area contributed by atoms with E-state index in [1.165, 1.54) is 22.5 Å². The molecule has 7 nitrogen and oxygen atoms in total. The Hall–Kier alpha value is -1.64. The van der Waals surface area contributed by atoms with Crippen LogP contribution in [0.5, 0.6) is 0 Å². The van der Waals surface area contributed by atoms with Crippen molar-refractivity contribution in [2.24, 2.45) is 11.8 Å². The van der Waals surface area contributed by atoms with E-state index in [2.05, 4.69) is 5.32 Å². The quantitative estimate of drug-likeness (QED) is 0.819. The number of carbonyl (C=O) groups is 2. The maximum absolute atomic E-state index is 12.6. The van der Waals surface area contributed by atoms with Crippen LogP contribution >= 0.6 is 11.6 Å². The van der Waals surface area contributed by atoms with Gasteiger partial charge in [-0.2, -0.15) is 4.31 Å². The van der Waals surface area contributed by atoms with Gasteiger partial charge in [0.15, 0.2) is 0 Å². The molecule has 1 saturated carbocycles. The molecule has 2 N–H and O–H groups in total. The normalized spacial score (nSPS) is 23.9. The molecule has 1 aromatic rings. The van der Waals surface area contributed by atoms with E-state index in [0.717, 1.165) is 12.8 Å².